The number of aromatic hydroxyl groups is 1. The zero-order chi connectivity index (χ0) is 17.0. The van der Waals surface area contributed by atoms with E-state index in [9.17, 15) is 18.3 Å². The second-order valence-electron chi connectivity index (χ2n) is 4.55. The summed E-state index contributed by atoms with van der Waals surface area (Å²) < 4.78 is 32.0. The smallest absolute Gasteiger partial charge is 0.335 e. The molecular formula is C15H15NO6S. The normalized spacial score (nSPS) is 11.0. The highest BCUT2D eigenvalue weighted by Gasteiger charge is 2.17. The van der Waals surface area contributed by atoms with Crippen LogP contribution in [0.3, 0.4) is 0 Å². The first-order valence-electron chi connectivity index (χ1n) is 6.65. The minimum absolute atomic E-state index is 0.0114. The Kier molecular flexibility index (Phi) is 4.75. The lowest BCUT2D eigenvalue weighted by atomic mass is 10.2. The summed E-state index contributed by atoms with van der Waals surface area (Å²) in [6.45, 7) is 2.28. The number of carbonyl (C=O) groups is 1. The topological polar surface area (TPSA) is 113 Å². The van der Waals surface area contributed by atoms with Crippen LogP contribution in [-0.2, 0) is 10.0 Å². The summed E-state index contributed by atoms with van der Waals surface area (Å²) in [5.41, 5.74) is -0.254. The van der Waals surface area contributed by atoms with Crippen molar-refractivity contribution < 1.29 is 28.2 Å². The molecule has 0 saturated heterocycles. The molecule has 0 fully saturated rings. The second-order valence-corrected chi connectivity index (χ2v) is 6.23. The van der Waals surface area contributed by atoms with Gasteiger partial charge in [0.1, 0.15) is 11.5 Å². The Balaban J connectivity index is 2.25. The molecule has 0 radical (unpaired) electrons. The highest BCUT2D eigenvalue weighted by atomic mass is 32.2. The van der Waals surface area contributed by atoms with Crippen LogP contribution >= 0.6 is 0 Å². The van der Waals surface area contributed by atoms with E-state index < -0.39 is 21.7 Å². The number of carboxylic acid groups (broad SMARTS) is 1. The number of phenols is 1. The van der Waals surface area contributed by atoms with Crippen LogP contribution in [0.15, 0.2) is 47.4 Å². The van der Waals surface area contributed by atoms with Gasteiger partial charge in [0.2, 0.25) is 0 Å². The Morgan fingerprint density at radius 1 is 1.17 bits per heavy atom. The first-order chi connectivity index (χ1) is 10.8. The monoisotopic (exact) mass is 337 g/mol. The molecule has 0 bridgehead atoms. The molecule has 0 aliphatic heterocycles. The van der Waals surface area contributed by atoms with Gasteiger partial charge in [0, 0.05) is 0 Å². The highest BCUT2D eigenvalue weighted by molar-refractivity contribution is 7.92. The molecule has 0 aliphatic rings. The van der Waals surface area contributed by atoms with Gasteiger partial charge in [-0.25, -0.2) is 13.2 Å². The van der Waals surface area contributed by atoms with Gasteiger partial charge in [-0.05, 0) is 49.4 Å². The molecule has 2 aromatic rings. The summed E-state index contributed by atoms with van der Waals surface area (Å²) in [7, 11) is -3.91. The SMILES string of the molecule is CCOc1ccc(S(=O)(=O)Nc2ccc(C(=O)O)cc2O)cc1. The third-order valence-electron chi connectivity index (χ3n) is 2.93. The Hall–Kier alpha value is -2.74. The molecule has 0 amide bonds. The lowest BCUT2D eigenvalue weighted by Crippen LogP contribution is -2.13. The van der Waals surface area contributed by atoms with Crippen LogP contribution in [0.4, 0.5) is 5.69 Å². The number of carboxylic acids is 1. The Morgan fingerprint density at radius 3 is 2.35 bits per heavy atom. The standard InChI is InChI=1S/C15H15NO6S/c1-2-22-11-4-6-12(7-5-11)23(20,21)16-13-8-3-10(15(18)19)9-14(13)17/h3-9,16-17H,2H2,1H3,(H,18,19). The lowest BCUT2D eigenvalue weighted by Gasteiger charge is -2.11. The van der Waals surface area contributed by atoms with E-state index >= 15 is 0 Å². The molecule has 122 valence electrons. The minimum atomic E-state index is -3.91. The number of hydrogen-bond donors (Lipinski definition) is 3. The lowest BCUT2D eigenvalue weighted by molar-refractivity contribution is 0.0696. The second kappa shape index (κ2) is 6.57. The number of aromatic carboxylic acids is 1. The summed E-state index contributed by atoms with van der Waals surface area (Å²) in [4.78, 5) is 10.8. The molecular weight excluding hydrogens is 322 g/mol. The molecule has 2 rings (SSSR count). The van der Waals surface area contributed by atoms with E-state index in [4.69, 9.17) is 9.84 Å². The van der Waals surface area contributed by atoms with Crippen LogP contribution in [0.5, 0.6) is 11.5 Å². The average Bonchev–Trinajstić information content (AvgIpc) is 2.50. The predicted octanol–water partition coefficient (Wildman–Crippen LogP) is 2.29. The zero-order valence-electron chi connectivity index (χ0n) is 12.2. The fourth-order valence-corrected chi connectivity index (χ4v) is 2.91. The van der Waals surface area contributed by atoms with E-state index in [1.54, 1.807) is 0 Å². The number of ether oxygens (including phenoxy) is 1. The van der Waals surface area contributed by atoms with Crippen LogP contribution in [-0.4, -0.2) is 31.2 Å². The maximum atomic E-state index is 12.3. The van der Waals surface area contributed by atoms with Gasteiger partial charge >= 0.3 is 5.97 Å². The summed E-state index contributed by atoms with van der Waals surface area (Å²) in [6.07, 6.45) is 0. The van der Waals surface area contributed by atoms with Crippen molar-refractivity contribution in [2.75, 3.05) is 11.3 Å². The number of sulfonamides is 1. The fourth-order valence-electron chi connectivity index (χ4n) is 1.84. The minimum Gasteiger partial charge on any atom is -0.506 e. The quantitative estimate of drug-likeness (QED) is 0.697. The molecule has 3 N–H and O–H groups in total. The third kappa shape index (κ3) is 3.92. The van der Waals surface area contributed by atoms with Crippen molar-refractivity contribution in [2.45, 2.75) is 11.8 Å². The van der Waals surface area contributed by atoms with Crippen LogP contribution in [0.25, 0.3) is 0 Å². The zero-order valence-corrected chi connectivity index (χ0v) is 13.0. The number of nitrogens with one attached hydrogen (secondary N) is 1. The predicted molar refractivity (Wildman–Crippen MR) is 83.5 cm³/mol. The number of hydrogen-bond acceptors (Lipinski definition) is 5. The van der Waals surface area contributed by atoms with E-state index in [1.165, 1.54) is 36.4 Å². The first kappa shape index (κ1) is 16.6. The molecule has 0 saturated carbocycles. The largest absolute Gasteiger partial charge is 0.506 e. The van der Waals surface area contributed by atoms with E-state index in [2.05, 4.69) is 4.72 Å². The first-order valence-corrected chi connectivity index (χ1v) is 8.14. The Bertz CT molecular complexity index is 814. The Labute approximate surface area is 133 Å². The van der Waals surface area contributed by atoms with Crippen molar-refractivity contribution in [1.82, 2.24) is 0 Å². The van der Waals surface area contributed by atoms with Crippen molar-refractivity contribution in [2.24, 2.45) is 0 Å². The average molecular weight is 337 g/mol. The third-order valence-corrected chi connectivity index (χ3v) is 4.32. The Morgan fingerprint density at radius 2 is 1.83 bits per heavy atom. The number of benzene rings is 2. The van der Waals surface area contributed by atoms with Crippen LogP contribution in [0.1, 0.15) is 17.3 Å². The van der Waals surface area contributed by atoms with Gasteiger partial charge < -0.3 is 14.9 Å². The molecule has 0 aliphatic carbocycles. The van der Waals surface area contributed by atoms with Crippen molar-refractivity contribution >= 4 is 21.7 Å². The van der Waals surface area contributed by atoms with Gasteiger partial charge in [0.15, 0.2) is 0 Å². The van der Waals surface area contributed by atoms with E-state index in [-0.39, 0.29) is 16.1 Å². The molecule has 0 heterocycles. The van der Waals surface area contributed by atoms with Gasteiger partial charge in [0.25, 0.3) is 10.0 Å². The number of rotatable bonds is 6. The summed E-state index contributed by atoms with van der Waals surface area (Å²) in [6, 6.07) is 9.13. The molecule has 0 aromatic heterocycles. The van der Waals surface area contributed by atoms with Crippen molar-refractivity contribution in [3.05, 3.63) is 48.0 Å². The molecule has 8 heteroatoms. The van der Waals surface area contributed by atoms with Crippen molar-refractivity contribution in [3.63, 3.8) is 0 Å². The van der Waals surface area contributed by atoms with Gasteiger partial charge in [-0.2, -0.15) is 0 Å². The van der Waals surface area contributed by atoms with Crippen LogP contribution in [0, 0.1) is 0 Å². The summed E-state index contributed by atoms with van der Waals surface area (Å²) >= 11 is 0. The maximum Gasteiger partial charge on any atom is 0.335 e. The van der Waals surface area contributed by atoms with Crippen LogP contribution < -0.4 is 9.46 Å². The van der Waals surface area contributed by atoms with Crippen molar-refractivity contribution in [1.29, 1.82) is 0 Å². The fraction of sp³-hybridized carbons (Fsp3) is 0.133. The number of phenolic OH excluding ortho intramolecular Hbond substituents is 1. The molecule has 23 heavy (non-hydrogen) atoms. The number of anilines is 1. The van der Waals surface area contributed by atoms with E-state index in [1.807, 2.05) is 6.92 Å². The van der Waals surface area contributed by atoms with Gasteiger partial charge in [0.05, 0.1) is 22.8 Å². The molecule has 7 nitrogen and oxygen atoms in total. The van der Waals surface area contributed by atoms with E-state index in [0.717, 1.165) is 6.07 Å². The maximum absolute atomic E-state index is 12.3. The molecule has 2 aromatic carbocycles. The molecule has 0 spiro atoms. The summed E-state index contributed by atoms with van der Waals surface area (Å²) in [5.74, 6) is -1.15. The van der Waals surface area contributed by atoms with Gasteiger partial charge in [-0.1, -0.05) is 0 Å². The van der Waals surface area contributed by atoms with Gasteiger partial charge in [-0.15, -0.1) is 0 Å². The highest BCUT2D eigenvalue weighted by Crippen LogP contribution is 2.27. The summed E-state index contributed by atoms with van der Waals surface area (Å²) in [5, 5.41) is 18.6. The molecule has 0 unspecified atom stereocenters. The van der Waals surface area contributed by atoms with E-state index in [0.29, 0.717) is 12.4 Å². The molecule has 0 atom stereocenters. The van der Waals surface area contributed by atoms with Gasteiger partial charge in [-0.3, -0.25) is 4.72 Å². The van der Waals surface area contributed by atoms with Crippen LogP contribution in [0.2, 0.25) is 0 Å². The van der Waals surface area contributed by atoms with Crippen molar-refractivity contribution in [3.8, 4) is 11.5 Å².